The molecule has 2 rings (SSSR count). The van der Waals surface area contributed by atoms with E-state index in [-0.39, 0.29) is 12.1 Å². The summed E-state index contributed by atoms with van der Waals surface area (Å²) in [5, 5.41) is 3.04. The van der Waals surface area contributed by atoms with Gasteiger partial charge in [0.25, 0.3) is 0 Å². The van der Waals surface area contributed by atoms with Crippen LogP contribution in [0.25, 0.3) is 0 Å². The van der Waals surface area contributed by atoms with E-state index in [4.69, 9.17) is 10.5 Å². The molecular weight excluding hydrogens is 280 g/mol. The van der Waals surface area contributed by atoms with Crippen LogP contribution >= 0.6 is 0 Å². The molecule has 2 fully saturated rings. The third-order valence-electron chi connectivity index (χ3n) is 3.76. The molecule has 2 aliphatic rings. The standard InChI is InChI=1S/C12H24N4O3S/c1-20(17,18)16-6-2-4-10(16)8-14-12(13)15-9-11-5-3-7-19-11/h10-11H,2-9H2,1H3,(H3,13,14,15)/t10-,11?/m1/s1. The van der Waals surface area contributed by atoms with Crippen LogP contribution in [-0.2, 0) is 14.8 Å². The second-order valence-corrected chi connectivity index (χ2v) is 7.35. The molecule has 0 aromatic heterocycles. The van der Waals surface area contributed by atoms with Gasteiger partial charge in [-0.1, -0.05) is 0 Å². The Hall–Kier alpha value is -0.860. The highest BCUT2D eigenvalue weighted by atomic mass is 32.2. The highest BCUT2D eigenvalue weighted by Crippen LogP contribution is 2.20. The predicted molar refractivity (Wildman–Crippen MR) is 78.0 cm³/mol. The summed E-state index contributed by atoms with van der Waals surface area (Å²) in [7, 11) is -3.14. The van der Waals surface area contributed by atoms with Gasteiger partial charge >= 0.3 is 0 Å². The Morgan fingerprint density at radius 2 is 2.25 bits per heavy atom. The number of rotatable bonds is 5. The van der Waals surface area contributed by atoms with E-state index >= 15 is 0 Å². The van der Waals surface area contributed by atoms with Gasteiger partial charge < -0.3 is 15.8 Å². The second kappa shape index (κ2) is 6.73. The van der Waals surface area contributed by atoms with Crippen LogP contribution < -0.4 is 11.1 Å². The van der Waals surface area contributed by atoms with E-state index in [1.807, 2.05) is 0 Å². The summed E-state index contributed by atoms with van der Waals surface area (Å²) in [5.74, 6) is 0.362. The SMILES string of the molecule is CS(=O)(=O)N1CCC[C@@H]1CN=C(N)NCC1CCCO1. The zero-order valence-corrected chi connectivity index (χ0v) is 12.7. The Bertz CT molecular complexity index is 446. The summed E-state index contributed by atoms with van der Waals surface area (Å²) >= 11 is 0. The van der Waals surface area contributed by atoms with Crippen molar-refractivity contribution in [3.8, 4) is 0 Å². The van der Waals surface area contributed by atoms with Crippen molar-refractivity contribution in [2.75, 3.05) is 32.5 Å². The average Bonchev–Trinajstić information content (AvgIpc) is 3.03. The summed E-state index contributed by atoms with van der Waals surface area (Å²) < 4.78 is 30.2. The molecule has 0 bridgehead atoms. The summed E-state index contributed by atoms with van der Waals surface area (Å²) in [5.41, 5.74) is 5.80. The maximum absolute atomic E-state index is 11.6. The maximum Gasteiger partial charge on any atom is 0.211 e. The van der Waals surface area contributed by atoms with Gasteiger partial charge in [-0.05, 0) is 25.7 Å². The predicted octanol–water partition coefficient (Wildman–Crippen LogP) is -0.506. The first-order valence-corrected chi connectivity index (χ1v) is 8.94. The average molecular weight is 304 g/mol. The van der Waals surface area contributed by atoms with Crippen molar-refractivity contribution in [2.45, 2.75) is 37.8 Å². The van der Waals surface area contributed by atoms with Crippen LogP contribution in [0.3, 0.4) is 0 Å². The topological polar surface area (TPSA) is 97.0 Å². The van der Waals surface area contributed by atoms with Gasteiger partial charge in [0.2, 0.25) is 10.0 Å². The molecule has 7 nitrogen and oxygen atoms in total. The highest BCUT2D eigenvalue weighted by Gasteiger charge is 2.31. The number of nitrogens with two attached hydrogens (primary N) is 1. The fraction of sp³-hybridized carbons (Fsp3) is 0.917. The first-order valence-electron chi connectivity index (χ1n) is 7.09. The lowest BCUT2D eigenvalue weighted by Gasteiger charge is -2.20. The molecule has 1 unspecified atom stereocenters. The van der Waals surface area contributed by atoms with Gasteiger partial charge in [-0.2, -0.15) is 4.31 Å². The molecule has 0 amide bonds. The van der Waals surface area contributed by atoms with Gasteiger partial charge in [0.15, 0.2) is 5.96 Å². The quantitative estimate of drug-likeness (QED) is 0.527. The minimum Gasteiger partial charge on any atom is -0.376 e. The minimum atomic E-state index is -3.14. The zero-order chi connectivity index (χ0) is 14.6. The lowest BCUT2D eigenvalue weighted by Crippen LogP contribution is -2.40. The number of guanidine groups is 1. The molecule has 0 aromatic rings. The first kappa shape index (κ1) is 15.5. The number of sulfonamides is 1. The number of nitrogens with zero attached hydrogens (tertiary/aromatic N) is 2. The van der Waals surface area contributed by atoms with E-state index in [0.29, 0.717) is 25.6 Å². The van der Waals surface area contributed by atoms with Crippen LogP contribution in [0.2, 0.25) is 0 Å². The minimum absolute atomic E-state index is 0.0620. The second-order valence-electron chi connectivity index (χ2n) is 5.41. The monoisotopic (exact) mass is 304 g/mol. The zero-order valence-electron chi connectivity index (χ0n) is 11.9. The van der Waals surface area contributed by atoms with E-state index in [1.165, 1.54) is 10.6 Å². The van der Waals surface area contributed by atoms with Crippen molar-refractivity contribution < 1.29 is 13.2 Å². The maximum atomic E-state index is 11.6. The summed E-state index contributed by atoms with van der Waals surface area (Å²) in [6.07, 6.45) is 5.32. The number of nitrogens with one attached hydrogen (secondary N) is 1. The Balaban J connectivity index is 1.78. The third-order valence-corrected chi connectivity index (χ3v) is 5.09. The lowest BCUT2D eigenvalue weighted by atomic mass is 10.2. The molecule has 0 aliphatic carbocycles. The van der Waals surface area contributed by atoms with Crippen molar-refractivity contribution in [1.29, 1.82) is 0 Å². The molecule has 2 saturated heterocycles. The van der Waals surface area contributed by atoms with Crippen molar-refractivity contribution >= 4 is 16.0 Å². The van der Waals surface area contributed by atoms with Gasteiger partial charge in [-0.3, -0.25) is 4.99 Å². The largest absolute Gasteiger partial charge is 0.376 e. The first-order chi connectivity index (χ1) is 9.47. The Kier molecular flexibility index (Phi) is 5.22. The Morgan fingerprint density at radius 1 is 1.45 bits per heavy atom. The smallest absolute Gasteiger partial charge is 0.211 e. The molecule has 20 heavy (non-hydrogen) atoms. The Morgan fingerprint density at radius 3 is 2.90 bits per heavy atom. The number of hydrogen-bond acceptors (Lipinski definition) is 4. The van der Waals surface area contributed by atoms with Crippen LogP contribution in [0.4, 0.5) is 0 Å². The van der Waals surface area contributed by atoms with Crippen LogP contribution in [0, 0.1) is 0 Å². The molecule has 2 heterocycles. The van der Waals surface area contributed by atoms with Crippen LogP contribution in [0.15, 0.2) is 4.99 Å². The van der Waals surface area contributed by atoms with E-state index in [0.717, 1.165) is 32.3 Å². The molecule has 8 heteroatoms. The van der Waals surface area contributed by atoms with E-state index in [2.05, 4.69) is 10.3 Å². The Labute approximate surface area is 120 Å². The molecular formula is C12H24N4O3S. The highest BCUT2D eigenvalue weighted by molar-refractivity contribution is 7.88. The van der Waals surface area contributed by atoms with Crippen LogP contribution in [-0.4, -0.2) is 63.3 Å². The number of ether oxygens (including phenoxy) is 1. The van der Waals surface area contributed by atoms with Crippen molar-refractivity contribution in [2.24, 2.45) is 10.7 Å². The summed E-state index contributed by atoms with van der Waals surface area (Å²) in [6.45, 7) is 2.48. The normalized spacial score (nSPS) is 28.9. The van der Waals surface area contributed by atoms with Crippen LogP contribution in [0.5, 0.6) is 0 Å². The van der Waals surface area contributed by atoms with E-state index in [1.54, 1.807) is 0 Å². The van der Waals surface area contributed by atoms with Gasteiger partial charge in [0, 0.05) is 25.7 Å². The van der Waals surface area contributed by atoms with Crippen molar-refractivity contribution in [1.82, 2.24) is 9.62 Å². The van der Waals surface area contributed by atoms with Gasteiger partial charge in [0.1, 0.15) is 0 Å². The number of hydrogen-bond donors (Lipinski definition) is 2. The van der Waals surface area contributed by atoms with E-state index < -0.39 is 10.0 Å². The molecule has 0 spiro atoms. The van der Waals surface area contributed by atoms with Crippen LogP contribution in [0.1, 0.15) is 25.7 Å². The molecule has 2 aliphatic heterocycles. The molecule has 3 N–H and O–H groups in total. The molecule has 0 radical (unpaired) electrons. The van der Waals surface area contributed by atoms with Gasteiger partial charge in [0.05, 0.1) is 18.9 Å². The fourth-order valence-corrected chi connectivity index (χ4v) is 3.89. The van der Waals surface area contributed by atoms with Gasteiger partial charge in [-0.15, -0.1) is 0 Å². The van der Waals surface area contributed by atoms with E-state index in [9.17, 15) is 8.42 Å². The lowest BCUT2D eigenvalue weighted by molar-refractivity contribution is 0.114. The molecule has 2 atom stereocenters. The molecule has 0 saturated carbocycles. The van der Waals surface area contributed by atoms with Crippen molar-refractivity contribution in [3.05, 3.63) is 0 Å². The molecule has 116 valence electrons. The van der Waals surface area contributed by atoms with Crippen molar-refractivity contribution in [3.63, 3.8) is 0 Å². The fourth-order valence-electron chi connectivity index (χ4n) is 2.71. The third kappa shape index (κ3) is 4.32. The summed E-state index contributed by atoms with van der Waals surface area (Å²) in [6, 6.07) is -0.0620. The number of aliphatic imine (C=N–C) groups is 1. The molecule has 0 aromatic carbocycles. The summed E-state index contributed by atoms with van der Waals surface area (Å²) in [4.78, 5) is 4.25. The van der Waals surface area contributed by atoms with Gasteiger partial charge in [-0.25, -0.2) is 8.42 Å².